The Kier molecular flexibility index (Phi) is 9.25. The van der Waals surface area contributed by atoms with Crippen LogP contribution in [0, 0.1) is 0 Å². The number of rotatable bonds is 7. The predicted molar refractivity (Wildman–Crippen MR) is 269 cm³/mol. The molecule has 0 saturated carbocycles. The Labute approximate surface area is 393 Å². The smallest absolute Gasteiger partial charge is 0.164 e. The molecule has 0 saturated heterocycles. The third kappa shape index (κ3) is 6.43. The van der Waals surface area contributed by atoms with E-state index in [4.69, 9.17) is 34.6 Å². The van der Waals surface area contributed by atoms with Crippen molar-refractivity contribution in [2.75, 3.05) is 0 Å². The second kappa shape index (κ2) is 16.0. The number of aromatic nitrogens is 6. The summed E-state index contributed by atoms with van der Waals surface area (Å²) >= 11 is 0. The first-order valence-corrected chi connectivity index (χ1v) is 22.7. The molecule has 318 valence electrons. The Balaban J connectivity index is 1.07. The van der Waals surface area contributed by atoms with E-state index in [0.717, 1.165) is 89.4 Å². The Morgan fingerprint density at radius 2 is 0.647 bits per heavy atom. The maximum atomic E-state index is 6.76. The minimum absolute atomic E-state index is 0.577. The molecule has 0 N–H and O–H groups in total. The van der Waals surface area contributed by atoms with Crippen molar-refractivity contribution in [2.24, 2.45) is 0 Å². The molecule has 1 spiro atoms. The molecule has 11 aromatic rings. The molecule has 2 aliphatic rings. The Bertz CT molecular complexity index is 3610. The lowest BCUT2D eigenvalue weighted by atomic mass is 9.66. The zero-order chi connectivity index (χ0) is 45.0. The molecule has 0 unspecified atom stereocenters. The molecule has 2 aromatic heterocycles. The van der Waals surface area contributed by atoms with Crippen molar-refractivity contribution in [3.05, 3.63) is 253 Å². The van der Waals surface area contributed by atoms with E-state index in [1.54, 1.807) is 0 Å². The van der Waals surface area contributed by atoms with Crippen LogP contribution in [0.15, 0.2) is 231 Å². The van der Waals surface area contributed by atoms with Crippen LogP contribution in [0.3, 0.4) is 0 Å². The van der Waals surface area contributed by atoms with Crippen molar-refractivity contribution in [3.63, 3.8) is 0 Å². The Morgan fingerprint density at radius 3 is 1.19 bits per heavy atom. The standard InChI is InChI=1S/C61H38N6O/c1-5-19-39(20-6-1)43-27-17-28-44(37-43)58-65-57(42-25-11-4-12-26-42)66-60(67-58)47-29-18-32-50-54(47)46-36-35-45(38-51(46)61(50)48-30-13-15-33-52(48)68-53-34-16-14-31-49(53)61)59-63-55(40-21-7-2-8-22-40)62-56(64-59)41-23-9-3-10-24-41/h1-38H. The van der Waals surface area contributed by atoms with Crippen molar-refractivity contribution in [1.29, 1.82) is 0 Å². The van der Waals surface area contributed by atoms with E-state index < -0.39 is 5.41 Å². The maximum Gasteiger partial charge on any atom is 0.164 e. The number of benzene rings is 9. The van der Waals surface area contributed by atoms with Gasteiger partial charge in [0.15, 0.2) is 34.9 Å². The molecule has 9 aromatic carbocycles. The van der Waals surface area contributed by atoms with Gasteiger partial charge in [0.1, 0.15) is 11.5 Å². The predicted octanol–water partition coefficient (Wildman–Crippen LogP) is 14.2. The summed E-state index contributed by atoms with van der Waals surface area (Å²) < 4.78 is 6.76. The molecular formula is C61H38N6O. The molecule has 7 nitrogen and oxygen atoms in total. The number of nitrogens with zero attached hydrogens (tertiary/aromatic N) is 6. The fourth-order valence-electron chi connectivity index (χ4n) is 10.0. The topological polar surface area (TPSA) is 86.6 Å². The average Bonchev–Trinajstić information content (AvgIpc) is 3.71. The fourth-order valence-corrected chi connectivity index (χ4v) is 10.0. The summed E-state index contributed by atoms with van der Waals surface area (Å²) in [7, 11) is 0. The molecule has 13 rings (SSSR count). The molecule has 0 amide bonds. The summed E-state index contributed by atoms with van der Waals surface area (Å²) in [5.41, 5.74) is 13.1. The minimum atomic E-state index is -0.804. The number of hydrogen-bond acceptors (Lipinski definition) is 7. The summed E-state index contributed by atoms with van der Waals surface area (Å²) in [5, 5.41) is 0. The van der Waals surface area contributed by atoms with Gasteiger partial charge in [-0.05, 0) is 57.6 Å². The van der Waals surface area contributed by atoms with Gasteiger partial charge < -0.3 is 4.74 Å². The van der Waals surface area contributed by atoms with Gasteiger partial charge in [0.25, 0.3) is 0 Å². The SMILES string of the molecule is c1ccc(-c2cccc(-c3nc(-c4ccccc4)nc(-c4cccc5c4-c4ccc(-c6nc(-c7ccccc7)nc(-c7ccccc7)n6)cc4C54c5ccccc5Oc5ccccc54)n3)c2)cc1. The molecule has 68 heavy (non-hydrogen) atoms. The lowest BCUT2D eigenvalue weighted by molar-refractivity contribution is 0.436. The van der Waals surface area contributed by atoms with E-state index in [0.29, 0.717) is 34.9 Å². The molecule has 0 bridgehead atoms. The highest BCUT2D eigenvalue weighted by Gasteiger charge is 2.52. The molecule has 0 atom stereocenters. The number of fused-ring (bicyclic) bond motifs is 9. The Hall–Kier alpha value is -9.20. The fraction of sp³-hybridized carbons (Fsp3) is 0.0164. The van der Waals surface area contributed by atoms with E-state index in [2.05, 4.69) is 121 Å². The lowest BCUT2D eigenvalue weighted by Gasteiger charge is -2.39. The molecule has 0 radical (unpaired) electrons. The quantitative estimate of drug-likeness (QED) is 0.158. The van der Waals surface area contributed by atoms with Crippen LogP contribution in [0.25, 0.3) is 90.6 Å². The van der Waals surface area contributed by atoms with Crippen molar-refractivity contribution in [2.45, 2.75) is 5.41 Å². The van der Waals surface area contributed by atoms with Gasteiger partial charge >= 0.3 is 0 Å². The Morgan fingerprint density at radius 1 is 0.250 bits per heavy atom. The van der Waals surface area contributed by atoms with Gasteiger partial charge in [0, 0.05) is 44.5 Å². The second-order valence-electron chi connectivity index (χ2n) is 17.0. The van der Waals surface area contributed by atoms with Crippen LogP contribution < -0.4 is 4.74 Å². The van der Waals surface area contributed by atoms with Crippen LogP contribution in [-0.4, -0.2) is 29.9 Å². The lowest BCUT2D eigenvalue weighted by Crippen LogP contribution is -2.32. The second-order valence-corrected chi connectivity index (χ2v) is 17.0. The molecular weight excluding hydrogens is 833 g/mol. The first-order chi connectivity index (χ1) is 33.7. The molecule has 7 heteroatoms. The third-order valence-electron chi connectivity index (χ3n) is 13.1. The largest absolute Gasteiger partial charge is 0.457 e. The first-order valence-electron chi connectivity index (χ1n) is 22.7. The summed E-state index contributed by atoms with van der Waals surface area (Å²) in [6, 6.07) is 79.1. The van der Waals surface area contributed by atoms with Crippen LogP contribution in [0.5, 0.6) is 11.5 Å². The number of para-hydroxylation sites is 2. The molecule has 1 aliphatic carbocycles. The van der Waals surface area contributed by atoms with Crippen molar-refractivity contribution in [1.82, 2.24) is 29.9 Å². The van der Waals surface area contributed by atoms with Gasteiger partial charge in [-0.3, -0.25) is 0 Å². The zero-order valence-corrected chi connectivity index (χ0v) is 36.5. The van der Waals surface area contributed by atoms with Gasteiger partial charge in [-0.15, -0.1) is 0 Å². The highest BCUT2D eigenvalue weighted by atomic mass is 16.5. The van der Waals surface area contributed by atoms with E-state index >= 15 is 0 Å². The van der Waals surface area contributed by atoms with E-state index in [9.17, 15) is 0 Å². The van der Waals surface area contributed by atoms with Crippen LogP contribution in [0.2, 0.25) is 0 Å². The van der Waals surface area contributed by atoms with Gasteiger partial charge in [-0.1, -0.05) is 206 Å². The summed E-state index contributed by atoms with van der Waals surface area (Å²) in [4.78, 5) is 31.2. The van der Waals surface area contributed by atoms with Crippen molar-refractivity contribution in [3.8, 4) is 102 Å². The van der Waals surface area contributed by atoms with Crippen LogP contribution >= 0.6 is 0 Å². The zero-order valence-electron chi connectivity index (χ0n) is 36.5. The van der Waals surface area contributed by atoms with Crippen LogP contribution in [0.4, 0.5) is 0 Å². The molecule has 0 fully saturated rings. The third-order valence-corrected chi connectivity index (χ3v) is 13.1. The maximum absolute atomic E-state index is 6.76. The van der Waals surface area contributed by atoms with Crippen LogP contribution in [0.1, 0.15) is 22.3 Å². The van der Waals surface area contributed by atoms with Gasteiger partial charge in [0.05, 0.1) is 5.41 Å². The van der Waals surface area contributed by atoms with E-state index in [1.165, 1.54) is 0 Å². The average molecular weight is 871 g/mol. The minimum Gasteiger partial charge on any atom is -0.457 e. The molecule has 3 heterocycles. The number of hydrogen-bond donors (Lipinski definition) is 0. The summed E-state index contributed by atoms with van der Waals surface area (Å²) in [6.45, 7) is 0. The van der Waals surface area contributed by atoms with Gasteiger partial charge in [-0.2, -0.15) is 0 Å². The highest BCUT2D eigenvalue weighted by Crippen LogP contribution is 2.63. The first kappa shape index (κ1) is 39.2. The molecule has 1 aliphatic heterocycles. The summed E-state index contributed by atoms with van der Waals surface area (Å²) in [5.74, 6) is 5.14. The number of ether oxygens (including phenoxy) is 1. The van der Waals surface area contributed by atoms with Crippen LogP contribution in [-0.2, 0) is 5.41 Å². The monoisotopic (exact) mass is 870 g/mol. The van der Waals surface area contributed by atoms with Crippen molar-refractivity contribution >= 4 is 0 Å². The normalized spacial score (nSPS) is 12.6. The van der Waals surface area contributed by atoms with E-state index in [-0.39, 0.29) is 0 Å². The summed E-state index contributed by atoms with van der Waals surface area (Å²) in [6.07, 6.45) is 0. The van der Waals surface area contributed by atoms with Gasteiger partial charge in [-0.25, -0.2) is 29.9 Å². The van der Waals surface area contributed by atoms with Crippen molar-refractivity contribution < 1.29 is 4.74 Å². The van der Waals surface area contributed by atoms with E-state index in [1.807, 2.05) is 109 Å². The highest BCUT2D eigenvalue weighted by molar-refractivity contribution is 5.96. The van der Waals surface area contributed by atoms with Gasteiger partial charge in [0.2, 0.25) is 0 Å².